The lowest BCUT2D eigenvalue weighted by atomic mass is 10.0. The molecule has 1 atom stereocenters. The first-order chi connectivity index (χ1) is 13.9. The Morgan fingerprint density at radius 2 is 1.90 bits per heavy atom. The van der Waals surface area contributed by atoms with Gasteiger partial charge in [0.15, 0.2) is 0 Å². The highest BCUT2D eigenvalue weighted by Crippen LogP contribution is 2.30. The average Bonchev–Trinajstić information content (AvgIpc) is 3.35. The highest BCUT2D eigenvalue weighted by Gasteiger charge is 2.29. The third kappa shape index (κ3) is 4.54. The Morgan fingerprint density at radius 3 is 2.66 bits per heavy atom. The molecule has 0 radical (unpaired) electrons. The number of anilines is 1. The van der Waals surface area contributed by atoms with Crippen molar-refractivity contribution in [1.29, 1.82) is 0 Å². The monoisotopic (exact) mass is 418 g/mol. The normalized spacial score (nSPS) is 13.0. The molecule has 4 aromatic rings. The molecule has 0 amide bonds. The third-order valence-corrected chi connectivity index (χ3v) is 5.34. The Hall–Kier alpha value is -2.98. The van der Waals surface area contributed by atoms with Crippen molar-refractivity contribution in [1.82, 2.24) is 20.4 Å². The van der Waals surface area contributed by atoms with Crippen molar-refractivity contribution in [3.8, 4) is 10.6 Å². The zero-order valence-electron chi connectivity index (χ0n) is 15.1. The van der Waals surface area contributed by atoms with Crippen LogP contribution in [0.1, 0.15) is 11.1 Å². The van der Waals surface area contributed by atoms with Crippen LogP contribution in [-0.4, -0.2) is 33.0 Å². The summed E-state index contributed by atoms with van der Waals surface area (Å²) in [4.78, 5) is 0. The van der Waals surface area contributed by atoms with Crippen molar-refractivity contribution < 1.29 is 13.2 Å². The van der Waals surface area contributed by atoms with Crippen LogP contribution in [0.4, 0.5) is 18.3 Å². The van der Waals surface area contributed by atoms with E-state index in [4.69, 9.17) is 5.73 Å². The van der Waals surface area contributed by atoms with E-state index in [2.05, 4.69) is 25.7 Å². The van der Waals surface area contributed by atoms with Gasteiger partial charge in [-0.15, -0.1) is 10.2 Å². The molecule has 4 N–H and O–H groups in total. The Labute approximate surface area is 168 Å². The van der Waals surface area contributed by atoms with Crippen molar-refractivity contribution in [3.63, 3.8) is 0 Å². The summed E-state index contributed by atoms with van der Waals surface area (Å²) in [6, 6.07) is 10.6. The van der Waals surface area contributed by atoms with E-state index in [0.717, 1.165) is 39.2 Å². The lowest BCUT2D eigenvalue weighted by Crippen LogP contribution is -2.31. The van der Waals surface area contributed by atoms with Crippen LogP contribution in [0.15, 0.2) is 48.7 Å². The van der Waals surface area contributed by atoms with E-state index in [1.54, 1.807) is 6.20 Å². The number of fused-ring (bicyclic) bond motifs is 1. The molecule has 6 nitrogen and oxygen atoms in total. The fraction of sp³-hybridized carbons (Fsp3) is 0.211. The second-order valence-electron chi connectivity index (χ2n) is 6.62. The number of hydrogen-bond donors (Lipinski definition) is 3. The SMILES string of the molecule is NC(CNc1nnc(-c2ccc3[nH]ncc3c2)s1)Cc1ccc(C(F)(F)F)cc1. The first kappa shape index (κ1) is 19.3. The minimum absolute atomic E-state index is 0.277. The Morgan fingerprint density at radius 1 is 1.10 bits per heavy atom. The van der Waals surface area contributed by atoms with Gasteiger partial charge in [-0.3, -0.25) is 5.10 Å². The van der Waals surface area contributed by atoms with E-state index in [-0.39, 0.29) is 6.04 Å². The van der Waals surface area contributed by atoms with Crippen LogP contribution in [-0.2, 0) is 12.6 Å². The van der Waals surface area contributed by atoms with E-state index in [1.807, 2.05) is 18.2 Å². The minimum Gasteiger partial charge on any atom is -0.359 e. The van der Waals surface area contributed by atoms with Crippen LogP contribution in [0.3, 0.4) is 0 Å². The fourth-order valence-corrected chi connectivity index (χ4v) is 3.66. The van der Waals surface area contributed by atoms with Gasteiger partial charge < -0.3 is 11.1 Å². The molecule has 2 aromatic carbocycles. The highest BCUT2D eigenvalue weighted by atomic mass is 32.1. The van der Waals surface area contributed by atoms with Crippen molar-refractivity contribution >= 4 is 27.4 Å². The third-order valence-electron chi connectivity index (χ3n) is 4.41. The number of aromatic amines is 1. The van der Waals surface area contributed by atoms with E-state index >= 15 is 0 Å². The van der Waals surface area contributed by atoms with Crippen LogP contribution in [0.5, 0.6) is 0 Å². The van der Waals surface area contributed by atoms with Gasteiger partial charge in [-0.1, -0.05) is 23.5 Å². The molecule has 10 heteroatoms. The van der Waals surface area contributed by atoms with Gasteiger partial charge >= 0.3 is 6.18 Å². The predicted molar refractivity (Wildman–Crippen MR) is 107 cm³/mol. The number of nitrogens with one attached hydrogen (secondary N) is 2. The van der Waals surface area contributed by atoms with E-state index in [9.17, 15) is 13.2 Å². The average molecular weight is 418 g/mol. The van der Waals surface area contributed by atoms with E-state index < -0.39 is 11.7 Å². The smallest absolute Gasteiger partial charge is 0.359 e. The number of benzene rings is 2. The van der Waals surface area contributed by atoms with Gasteiger partial charge in [0.25, 0.3) is 0 Å². The summed E-state index contributed by atoms with van der Waals surface area (Å²) >= 11 is 1.41. The van der Waals surface area contributed by atoms with E-state index in [0.29, 0.717) is 18.1 Å². The van der Waals surface area contributed by atoms with E-state index in [1.165, 1.54) is 23.5 Å². The van der Waals surface area contributed by atoms with Gasteiger partial charge in [0, 0.05) is 23.5 Å². The Bertz CT molecular complexity index is 1100. The number of rotatable bonds is 6. The zero-order chi connectivity index (χ0) is 20.4. The number of alkyl halides is 3. The van der Waals surface area contributed by atoms with Crippen LogP contribution < -0.4 is 11.1 Å². The van der Waals surface area contributed by atoms with Crippen LogP contribution in [0.25, 0.3) is 21.5 Å². The standard InChI is InChI=1S/C19H17F3N6S/c20-19(21,22)14-4-1-11(2-5-14)7-15(23)10-24-18-28-27-17(29-18)12-3-6-16-13(8-12)9-25-26-16/h1-6,8-9,15H,7,10,23H2,(H,24,28)(H,25,26). The molecule has 0 spiro atoms. The van der Waals surface area contributed by atoms with Crippen LogP contribution in [0, 0.1) is 0 Å². The maximum atomic E-state index is 12.6. The Kier molecular flexibility index (Phi) is 5.20. The molecule has 4 rings (SSSR count). The second-order valence-corrected chi connectivity index (χ2v) is 7.60. The number of halogens is 3. The topological polar surface area (TPSA) is 92.5 Å². The summed E-state index contributed by atoms with van der Waals surface area (Å²) in [5, 5.41) is 20.8. The van der Waals surface area contributed by atoms with Crippen LogP contribution >= 0.6 is 11.3 Å². The molecule has 0 fully saturated rings. The molecule has 0 aliphatic rings. The summed E-state index contributed by atoms with van der Waals surface area (Å²) in [6.45, 7) is 0.427. The van der Waals surface area contributed by atoms with Crippen molar-refractivity contribution in [2.45, 2.75) is 18.6 Å². The van der Waals surface area contributed by atoms with Crippen molar-refractivity contribution in [3.05, 3.63) is 59.8 Å². The van der Waals surface area contributed by atoms with Gasteiger partial charge in [0.05, 0.1) is 17.3 Å². The summed E-state index contributed by atoms with van der Waals surface area (Å²) in [6.07, 6.45) is -2.13. The predicted octanol–water partition coefficient (Wildman–Crippen LogP) is 4.08. The quantitative estimate of drug-likeness (QED) is 0.439. The van der Waals surface area contributed by atoms with Crippen molar-refractivity contribution in [2.75, 3.05) is 11.9 Å². The molecule has 2 aromatic heterocycles. The van der Waals surface area contributed by atoms with Gasteiger partial charge in [-0.2, -0.15) is 18.3 Å². The maximum Gasteiger partial charge on any atom is 0.416 e. The molecular formula is C19H17F3N6S. The van der Waals surface area contributed by atoms with Gasteiger partial charge in [0.1, 0.15) is 5.01 Å². The second kappa shape index (κ2) is 7.80. The first-order valence-electron chi connectivity index (χ1n) is 8.81. The molecule has 0 bridgehead atoms. The molecule has 29 heavy (non-hydrogen) atoms. The molecule has 2 heterocycles. The Balaban J connectivity index is 1.34. The summed E-state index contributed by atoms with van der Waals surface area (Å²) < 4.78 is 37.9. The minimum atomic E-state index is -4.33. The molecule has 0 aliphatic heterocycles. The van der Waals surface area contributed by atoms with Gasteiger partial charge in [-0.25, -0.2) is 0 Å². The molecule has 0 aliphatic carbocycles. The first-order valence-corrected chi connectivity index (χ1v) is 9.63. The number of nitrogens with zero attached hydrogens (tertiary/aromatic N) is 3. The zero-order valence-corrected chi connectivity index (χ0v) is 15.9. The summed E-state index contributed by atoms with van der Waals surface area (Å²) in [7, 11) is 0. The lowest BCUT2D eigenvalue weighted by molar-refractivity contribution is -0.137. The molecule has 0 saturated heterocycles. The molecule has 1 unspecified atom stereocenters. The maximum absolute atomic E-state index is 12.6. The summed E-state index contributed by atoms with van der Waals surface area (Å²) in [5.41, 5.74) is 8.08. The van der Waals surface area contributed by atoms with Gasteiger partial charge in [0.2, 0.25) is 5.13 Å². The molecular weight excluding hydrogens is 401 g/mol. The lowest BCUT2D eigenvalue weighted by Gasteiger charge is -2.13. The van der Waals surface area contributed by atoms with Crippen molar-refractivity contribution in [2.24, 2.45) is 5.73 Å². The number of aromatic nitrogens is 4. The molecule has 0 saturated carbocycles. The number of H-pyrrole nitrogens is 1. The van der Waals surface area contributed by atoms with Crippen LogP contribution in [0.2, 0.25) is 0 Å². The number of nitrogens with two attached hydrogens (primary N) is 1. The van der Waals surface area contributed by atoms with Gasteiger partial charge in [-0.05, 0) is 42.3 Å². The number of hydrogen-bond acceptors (Lipinski definition) is 6. The molecule has 150 valence electrons. The summed E-state index contributed by atoms with van der Waals surface area (Å²) in [5.74, 6) is 0. The highest BCUT2D eigenvalue weighted by molar-refractivity contribution is 7.18. The fourth-order valence-electron chi connectivity index (χ4n) is 2.91. The largest absolute Gasteiger partial charge is 0.416 e.